The first kappa shape index (κ1) is 10.4. The van der Waals surface area contributed by atoms with Crippen molar-refractivity contribution >= 4 is 23.6 Å². The van der Waals surface area contributed by atoms with Gasteiger partial charge in [0.2, 0.25) is 5.91 Å². The van der Waals surface area contributed by atoms with Crippen LogP contribution in [0.15, 0.2) is 0 Å². The van der Waals surface area contributed by atoms with E-state index in [-0.39, 0.29) is 5.91 Å². The maximum atomic E-state index is 11.1. The SMILES string of the molecule is CC(=O)N1CSC(C)(C)C1C(=O)O. The third kappa shape index (κ3) is 1.80. The number of carbonyl (C=O) groups is 2. The van der Waals surface area contributed by atoms with E-state index in [1.54, 1.807) is 0 Å². The third-order valence-electron chi connectivity index (χ3n) is 2.18. The number of carboxylic acid groups (broad SMARTS) is 1. The predicted molar refractivity (Wildman–Crippen MR) is 50.5 cm³/mol. The summed E-state index contributed by atoms with van der Waals surface area (Å²) in [6.07, 6.45) is 0. The predicted octanol–water partition coefficient (Wildman–Crippen LogP) is 0.771. The van der Waals surface area contributed by atoms with Gasteiger partial charge < -0.3 is 10.0 Å². The van der Waals surface area contributed by atoms with E-state index in [1.807, 2.05) is 13.8 Å². The molecule has 1 atom stereocenters. The maximum Gasteiger partial charge on any atom is 0.327 e. The Labute approximate surface area is 81.3 Å². The molecule has 74 valence electrons. The van der Waals surface area contributed by atoms with Gasteiger partial charge in [0.25, 0.3) is 0 Å². The van der Waals surface area contributed by atoms with Crippen LogP contribution in [0.25, 0.3) is 0 Å². The van der Waals surface area contributed by atoms with Crippen LogP contribution in [0.2, 0.25) is 0 Å². The molecule has 1 amide bonds. The summed E-state index contributed by atoms with van der Waals surface area (Å²) in [5.74, 6) is -0.630. The Balaban J connectivity index is 2.92. The number of rotatable bonds is 1. The van der Waals surface area contributed by atoms with Gasteiger partial charge in [-0.1, -0.05) is 0 Å². The summed E-state index contributed by atoms with van der Waals surface area (Å²) in [5.41, 5.74) is 0. The summed E-state index contributed by atoms with van der Waals surface area (Å²) >= 11 is 1.50. The zero-order valence-corrected chi connectivity index (χ0v) is 8.72. The smallest absolute Gasteiger partial charge is 0.327 e. The molecule has 1 aliphatic rings. The van der Waals surface area contributed by atoms with Crippen LogP contribution in [0.1, 0.15) is 20.8 Å². The molecular weight excluding hydrogens is 190 g/mol. The van der Waals surface area contributed by atoms with Crippen molar-refractivity contribution in [3.05, 3.63) is 0 Å². The van der Waals surface area contributed by atoms with Crippen molar-refractivity contribution in [2.24, 2.45) is 0 Å². The van der Waals surface area contributed by atoms with Gasteiger partial charge in [0.15, 0.2) is 0 Å². The van der Waals surface area contributed by atoms with Gasteiger partial charge in [-0.15, -0.1) is 11.8 Å². The van der Waals surface area contributed by atoms with Crippen LogP contribution in [0.4, 0.5) is 0 Å². The summed E-state index contributed by atoms with van der Waals surface area (Å²) in [7, 11) is 0. The largest absolute Gasteiger partial charge is 0.480 e. The van der Waals surface area contributed by atoms with Gasteiger partial charge in [0, 0.05) is 11.7 Å². The molecule has 1 aliphatic heterocycles. The number of aliphatic carboxylic acids is 1. The first-order valence-electron chi connectivity index (χ1n) is 4.00. The lowest BCUT2D eigenvalue weighted by Crippen LogP contribution is -2.47. The Bertz CT molecular complexity index is 252. The molecule has 1 rings (SSSR count). The average Bonchev–Trinajstić information content (AvgIpc) is 2.24. The molecule has 0 bridgehead atoms. The molecule has 0 radical (unpaired) electrons. The van der Waals surface area contributed by atoms with E-state index in [1.165, 1.54) is 23.6 Å². The molecule has 0 aliphatic carbocycles. The standard InChI is InChI=1S/C8H13NO3S/c1-5(10)9-4-13-8(2,3)6(9)7(11)12/h6H,4H2,1-3H3,(H,11,12). The quantitative estimate of drug-likeness (QED) is 0.684. The van der Waals surface area contributed by atoms with Gasteiger partial charge >= 0.3 is 5.97 Å². The molecule has 0 spiro atoms. The lowest BCUT2D eigenvalue weighted by Gasteiger charge is -2.26. The van der Waals surface area contributed by atoms with Crippen molar-refractivity contribution in [2.45, 2.75) is 31.6 Å². The summed E-state index contributed by atoms with van der Waals surface area (Å²) in [5, 5.41) is 8.96. The van der Waals surface area contributed by atoms with E-state index < -0.39 is 16.8 Å². The van der Waals surface area contributed by atoms with Crippen LogP contribution in [0.5, 0.6) is 0 Å². The molecule has 0 saturated carbocycles. The normalized spacial score (nSPS) is 26.1. The van der Waals surface area contributed by atoms with E-state index >= 15 is 0 Å². The fraction of sp³-hybridized carbons (Fsp3) is 0.750. The Morgan fingerprint density at radius 2 is 2.08 bits per heavy atom. The van der Waals surface area contributed by atoms with E-state index in [9.17, 15) is 9.59 Å². The number of hydrogen-bond donors (Lipinski definition) is 1. The Morgan fingerprint density at radius 1 is 1.54 bits per heavy atom. The van der Waals surface area contributed by atoms with Gasteiger partial charge in [0.05, 0.1) is 5.88 Å². The van der Waals surface area contributed by atoms with Crippen LogP contribution >= 0.6 is 11.8 Å². The van der Waals surface area contributed by atoms with Crippen molar-refractivity contribution in [1.29, 1.82) is 0 Å². The monoisotopic (exact) mass is 203 g/mol. The Morgan fingerprint density at radius 3 is 2.38 bits per heavy atom. The Hall–Kier alpha value is -0.710. The van der Waals surface area contributed by atoms with Crippen LogP contribution in [-0.2, 0) is 9.59 Å². The van der Waals surface area contributed by atoms with Gasteiger partial charge in [-0.3, -0.25) is 4.79 Å². The zero-order valence-electron chi connectivity index (χ0n) is 7.90. The van der Waals surface area contributed by atoms with Crippen LogP contribution in [0, 0.1) is 0 Å². The minimum absolute atomic E-state index is 0.175. The van der Waals surface area contributed by atoms with Gasteiger partial charge in [-0.25, -0.2) is 4.79 Å². The number of thioether (sulfide) groups is 1. The average molecular weight is 203 g/mol. The highest BCUT2D eigenvalue weighted by molar-refractivity contribution is 8.00. The number of amides is 1. The van der Waals surface area contributed by atoms with E-state index in [0.29, 0.717) is 5.88 Å². The molecule has 5 heteroatoms. The number of hydrogen-bond acceptors (Lipinski definition) is 3. The maximum absolute atomic E-state index is 11.1. The molecular formula is C8H13NO3S. The van der Waals surface area contributed by atoms with Crippen LogP contribution in [0.3, 0.4) is 0 Å². The minimum Gasteiger partial charge on any atom is -0.480 e. The highest BCUT2D eigenvalue weighted by Gasteiger charge is 2.47. The highest BCUT2D eigenvalue weighted by Crippen LogP contribution is 2.39. The third-order valence-corrected chi connectivity index (χ3v) is 3.56. The molecule has 0 aromatic heterocycles. The molecule has 1 heterocycles. The van der Waals surface area contributed by atoms with Crippen LogP contribution < -0.4 is 0 Å². The molecule has 1 N–H and O–H groups in total. The van der Waals surface area contributed by atoms with Gasteiger partial charge in [-0.05, 0) is 13.8 Å². The summed E-state index contributed by atoms with van der Waals surface area (Å²) in [6.45, 7) is 5.09. The van der Waals surface area contributed by atoms with Crippen molar-refractivity contribution in [3.8, 4) is 0 Å². The minimum atomic E-state index is -0.926. The first-order valence-corrected chi connectivity index (χ1v) is 4.99. The van der Waals surface area contributed by atoms with E-state index in [0.717, 1.165) is 0 Å². The lowest BCUT2D eigenvalue weighted by molar-refractivity contribution is -0.148. The summed E-state index contributed by atoms with van der Waals surface area (Å²) < 4.78 is -0.391. The molecule has 1 unspecified atom stereocenters. The molecule has 4 nitrogen and oxygen atoms in total. The summed E-state index contributed by atoms with van der Waals surface area (Å²) in [6, 6.07) is -0.699. The van der Waals surface area contributed by atoms with Gasteiger partial charge in [-0.2, -0.15) is 0 Å². The Kier molecular flexibility index (Phi) is 2.56. The summed E-state index contributed by atoms with van der Waals surface area (Å²) in [4.78, 5) is 23.4. The van der Waals surface area contributed by atoms with Crippen LogP contribution in [-0.4, -0.2) is 38.5 Å². The second kappa shape index (κ2) is 3.21. The molecule has 0 aromatic rings. The number of carbonyl (C=O) groups excluding carboxylic acids is 1. The topological polar surface area (TPSA) is 57.6 Å². The number of carboxylic acids is 1. The molecule has 1 fully saturated rings. The molecule has 13 heavy (non-hydrogen) atoms. The number of nitrogens with zero attached hydrogens (tertiary/aromatic N) is 1. The van der Waals surface area contributed by atoms with Crippen molar-refractivity contribution in [3.63, 3.8) is 0 Å². The first-order chi connectivity index (χ1) is 5.86. The highest BCUT2D eigenvalue weighted by atomic mass is 32.2. The van der Waals surface area contributed by atoms with Crippen molar-refractivity contribution < 1.29 is 14.7 Å². The molecule has 1 saturated heterocycles. The fourth-order valence-electron chi connectivity index (χ4n) is 1.47. The fourth-order valence-corrected chi connectivity index (χ4v) is 2.66. The van der Waals surface area contributed by atoms with E-state index in [4.69, 9.17) is 5.11 Å². The van der Waals surface area contributed by atoms with Crippen molar-refractivity contribution in [2.75, 3.05) is 5.88 Å². The second-order valence-corrected chi connectivity index (χ2v) is 5.21. The van der Waals surface area contributed by atoms with E-state index in [2.05, 4.69) is 0 Å². The molecule has 0 aromatic carbocycles. The lowest BCUT2D eigenvalue weighted by atomic mass is 10.0. The van der Waals surface area contributed by atoms with Crippen molar-refractivity contribution in [1.82, 2.24) is 4.90 Å². The second-order valence-electron chi connectivity index (χ2n) is 3.61. The van der Waals surface area contributed by atoms with Gasteiger partial charge in [0.1, 0.15) is 6.04 Å². The zero-order chi connectivity index (χ0) is 10.2.